The largest absolute Gasteiger partial charge is 0.465 e. The Kier molecular flexibility index (Phi) is 6.69. The van der Waals surface area contributed by atoms with Crippen molar-refractivity contribution in [1.29, 1.82) is 0 Å². The topological polar surface area (TPSA) is 87.8 Å². The van der Waals surface area contributed by atoms with Crippen LogP contribution in [0.2, 0.25) is 0 Å². The van der Waals surface area contributed by atoms with Gasteiger partial charge in [0.1, 0.15) is 5.82 Å². The molecule has 0 bridgehead atoms. The average Bonchev–Trinajstić information content (AvgIpc) is 2.73. The fourth-order valence-electron chi connectivity index (χ4n) is 4.85. The second kappa shape index (κ2) is 9.46. The zero-order valence-corrected chi connectivity index (χ0v) is 18.6. The lowest BCUT2D eigenvalue weighted by Gasteiger charge is -2.39. The Morgan fingerprint density at radius 1 is 1.19 bits per heavy atom. The standard InChI is InChI=1S/C23H32N4O4/c1-15-11-27(12-16(2)31-15)13-17-6-8-26(9-7-17)14-21-24-20-10-18(23(29)30-3)4-5-19(20)22(28)25-21/h4-5,10,15-17H,6-9,11-14H2,1-3H3,(H,24,25,28). The Labute approximate surface area is 182 Å². The fraction of sp³-hybridized carbons (Fsp3) is 0.609. The average molecular weight is 429 g/mol. The van der Waals surface area contributed by atoms with E-state index in [4.69, 9.17) is 9.47 Å². The summed E-state index contributed by atoms with van der Waals surface area (Å²) in [7, 11) is 1.34. The number of rotatable bonds is 5. The van der Waals surface area contributed by atoms with Crippen molar-refractivity contribution in [2.75, 3.05) is 39.8 Å². The third-order valence-electron chi connectivity index (χ3n) is 6.27. The van der Waals surface area contributed by atoms with Gasteiger partial charge < -0.3 is 14.5 Å². The van der Waals surface area contributed by atoms with Crippen molar-refractivity contribution in [3.05, 3.63) is 39.9 Å². The number of nitrogens with zero attached hydrogens (tertiary/aromatic N) is 3. The van der Waals surface area contributed by atoms with Crippen LogP contribution in [-0.2, 0) is 16.0 Å². The van der Waals surface area contributed by atoms with Crippen LogP contribution in [0.4, 0.5) is 0 Å². The zero-order valence-electron chi connectivity index (χ0n) is 18.6. The highest BCUT2D eigenvalue weighted by Crippen LogP contribution is 2.22. The molecular weight excluding hydrogens is 396 g/mol. The number of fused-ring (bicyclic) bond motifs is 1. The first-order valence-electron chi connectivity index (χ1n) is 11.1. The number of hydrogen-bond donors (Lipinski definition) is 1. The van der Waals surface area contributed by atoms with Gasteiger partial charge in [0.2, 0.25) is 0 Å². The fourth-order valence-corrected chi connectivity index (χ4v) is 4.85. The molecule has 2 aliphatic heterocycles. The lowest BCUT2D eigenvalue weighted by Crippen LogP contribution is -2.48. The summed E-state index contributed by atoms with van der Waals surface area (Å²) in [6, 6.07) is 4.83. The van der Waals surface area contributed by atoms with Crippen LogP contribution in [0, 0.1) is 5.92 Å². The smallest absolute Gasteiger partial charge is 0.337 e. The summed E-state index contributed by atoms with van der Waals surface area (Å²) in [5, 5.41) is 0.476. The molecule has 0 spiro atoms. The van der Waals surface area contributed by atoms with Crippen molar-refractivity contribution in [2.24, 2.45) is 5.92 Å². The molecule has 8 heteroatoms. The van der Waals surface area contributed by atoms with Gasteiger partial charge in [0.05, 0.1) is 42.3 Å². The molecule has 2 fully saturated rings. The summed E-state index contributed by atoms with van der Waals surface area (Å²) < 4.78 is 10.6. The lowest BCUT2D eigenvalue weighted by molar-refractivity contribution is -0.0732. The molecule has 1 aromatic carbocycles. The first kappa shape index (κ1) is 21.9. The summed E-state index contributed by atoms with van der Waals surface area (Å²) in [5.74, 6) is 0.894. The molecule has 1 N–H and O–H groups in total. The van der Waals surface area contributed by atoms with Crippen LogP contribution in [0.15, 0.2) is 23.0 Å². The molecule has 0 saturated carbocycles. The second-order valence-electron chi connectivity index (χ2n) is 8.93. The van der Waals surface area contributed by atoms with E-state index < -0.39 is 5.97 Å². The molecule has 2 aliphatic rings. The number of carbonyl (C=O) groups excluding carboxylic acids is 1. The number of nitrogens with one attached hydrogen (secondary N) is 1. The number of ether oxygens (including phenoxy) is 2. The molecule has 8 nitrogen and oxygen atoms in total. The zero-order chi connectivity index (χ0) is 22.0. The first-order chi connectivity index (χ1) is 14.9. The highest BCUT2D eigenvalue weighted by molar-refractivity contribution is 5.93. The van der Waals surface area contributed by atoms with Crippen molar-refractivity contribution < 1.29 is 14.3 Å². The number of aromatic nitrogens is 2. The number of morpholine rings is 1. The lowest BCUT2D eigenvalue weighted by atomic mass is 9.95. The van der Waals surface area contributed by atoms with E-state index in [1.165, 1.54) is 7.11 Å². The van der Waals surface area contributed by atoms with Crippen molar-refractivity contribution in [3.8, 4) is 0 Å². The van der Waals surface area contributed by atoms with Gasteiger partial charge in [-0.05, 0) is 63.9 Å². The molecule has 31 heavy (non-hydrogen) atoms. The van der Waals surface area contributed by atoms with E-state index in [9.17, 15) is 9.59 Å². The Morgan fingerprint density at radius 3 is 2.58 bits per heavy atom. The van der Waals surface area contributed by atoms with E-state index in [1.807, 2.05) is 0 Å². The van der Waals surface area contributed by atoms with Crippen LogP contribution < -0.4 is 5.56 Å². The maximum atomic E-state index is 12.5. The van der Waals surface area contributed by atoms with Gasteiger partial charge in [-0.15, -0.1) is 0 Å². The van der Waals surface area contributed by atoms with Crippen LogP contribution in [-0.4, -0.2) is 77.8 Å². The number of esters is 1. The van der Waals surface area contributed by atoms with E-state index in [-0.39, 0.29) is 5.56 Å². The number of benzene rings is 1. The predicted octanol–water partition coefficient (Wildman–Crippen LogP) is 2.03. The van der Waals surface area contributed by atoms with E-state index in [0.29, 0.717) is 47.0 Å². The number of aromatic amines is 1. The SMILES string of the molecule is COC(=O)c1ccc2c(=O)[nH]c(CN3CCC(CN4CC(C)OC(C)C4)CC3)nc2c1. The molecule has 2 atom stereocenters. The van der Waals surface area contributed by atoms with Gasteiger partial charge in [-0.1, -0.05) is 0 Å². The minimum atomic E-state index is -0.434. The predicted molar refractivity (Wildman–Crippen MR) is 118 cm³/mol. The van der Waals surface area contributed by atoms with Gasteiger partial charge in [-0.3, -0.25) is 14.6 Å². The van der Waals surface area contributed by atoms with Crippen LogP contribution in [0.3, 0.4) is 0 Å². The summed E-state index contributed by atoms with van der Waals surface area (Å²) in [4.78, 5) is 36.7. The molecule has 3 heterocycles. The number of H-pyrrole nitrogens is 1. The molecule has 2 aromatic rings. The number of piperidine rings is 1. The van der Waals surface area contributed by atoms with E-state index in [1.54, 1.807) is 18.2 Å². The van der Waals surface area contributed by atoms with Crippen LogP contribution in [0.1, 0.15) is 42.9 Å². The van der Waals surface area contributed by atoms with Crippen molar-refractivity contribution in [3.63, 3.8) is 0 Å². The highest BCUT2D eigenvalue weighted by Gasteiger charge is 2.27. The number of carbonyl (C=O) groups is 1. The van der Waals surface area contributed by atoms with Crippen molar-refractivity contribution in [2.45, 2.75) is 45.4 Å². The first-order valence-corrected chi connectivity index (χ1v) is 11.1. The third kappa shape index (κ3) is 5.31. The molecular formula is C23H32N4O4. The normalized spacial score (nSPS) is 23.8. The molecule has 0 amide bonds. The molecule has 0 aliphatic carbocycles. The number of methoxy groups -OCH3 is 1. The molecule has 2 unspecified atom stereocenters. The minimum absolute atomic E-state index is 0.179. The summed E-state index contributed by atoms with van der Waals surface area (Å²) in [5.41, 5.74) is 0.737. The number of hydrogen-bond acceptors (Lipinski definition) is 7. The minimum Gasteiger partial charge on any atom is -0.465 e. The van der Waals surface area contributed by atoms with E-state index in [0.717, 1.165) is 45.6 Å². The van der Waals surface area contributed by atoms with Crippen LogP contribution in [0.25, 0.3) is 10.9 Å². The van der Waals surface area contributed by atoms with Gasteiger partial charge >= 0.3 is 5.97 Å². The molecule has 4 rings (SSSR count). The molecule has 1 aromatic heterocycles. The van der Waals surface area contributed by atoms with Gasteiger partial charge in [-0.25, -0.2) is 9.78 Å². The highest BCUT2D eigenvalue weighted by atomic mass is 16.5. The monoisotopic (exact) mass is 428 g/mol. The second-order valence-corrected chi connectivity index (χ2v) is 8.93. The van der Waals surface area contributed by atoms with Crippen LogP contribution in [0.5, 0.6) is 0 Å². The Hall–Kier alpha value is -2.29. The van der Waals surface area contributed by atoms with Crippen molar-refractivity contribution >= 4 is 16.9 Å². The Bertz CT molecular complexity index is 973. The Morgan fingerprint density at radius 2 is 1.90 bits per heavy atom. The van der Waals surface area contributed by atoms with Gasteiger partial charge in [0.15, 0.2) is 0 Å². The summed E-state index contributed by atoms with van der Waals surface area (Å²) >= 11 is 0. The van der Waals surface area contributed by atoms with Crippen molar-refractivity contribution in [1.82, 2.24) is 19.8 Å². The maximum Gasteiger partial charge on any atom is 0.337 e. The third-order valence-corrected chi connectivity index (χ3v) is 6.27. The van der Waals surface area contributed by atoms with Crippen LogP contribution >= 0.6 is 0 Å². The summed E-state index contributed by atoms with van der Waals surface area (Å²) in [6.45, 7) is 10.0. The van der Waals surface area contributed by atoms with E-state index >= 15 is 0 Å². The summed E-state index contributed by atoms with van der Waals surface area (Å²) in [6.07, 6.45) is 2.90. The number of likely N-dealkylation sites (tertiary alicyclic amines) is 1. The van der Waals surface area contributed by atoms with Gasteiger partial charge in [-0.2, -0.15) is 0 Å². The molecule has 0 radical (unpaired) electrons. The quantitative estimate of drug-likeness (QED) is 0.729. The van der Waals surface area contributed by atoms with Gasteiger partial charge in [0.25, 0.3) is 5.56 Å². The van der Waals surface area contributed by atoms with Gasteiger partial charge in [0, 0.05) is 19.6 Å². The molecule has 168 valence electrons. The Balaban J connectivity index is 1.36. The maximum absolute atomic E-state index is 12.5. The molecule has 2 saturated heterocycles. The van der Waals surface area contributed by atoms with E-state index in [2.05, 4.69) is 33.6 Å².